The van der Waals surface area contributed by atoms with Crippen molar-refractivity contribution in [2.24, 2.45) is 0 Å². The van der Waals surface area contributed by atoms with Gasteiger partial charge in [-0.1, -0.05) is 12.2 Å². The molecule has 0 atom stereocenters. The maximum absolute atomic E-state index is 6.12. The molecule has 0 saturated heterocycles. The summed E-state index contributed by atoms with van der Waals surface area (Å²) in [7, 11) is 0. The lowest BCUT2D eigenvalue weighted by Gasteiger charge is -2.11. The van der Waals surface area contributed by atoms with Gasteiger partial charge in [-0.05, 0) is 31.2 Å². The molecule has 4 nitrogen and oxygen atoms in total. The molecule has 0 bridgehead atoms. The van der Waals surface area contributed by atoms with Crippen molar-refractivity contribution in [3.8, 4) is 0 Å². The number of fused-ring (bicyclic) bond motifs is 1. The van der Waals surface area contributed by atoms with E-state index in [2.05, 4.69) is 16.9 Å². The Balaban J connectivity index is 1.97. The van der Waals surface area contributed by atoms with Crippen molar-refractivity contribution in [1.82, 2.24) is 4.98 Å². The summed E-state index contributed by atoms with van der Waals surface area (Å²) in [5.74, 6) is 0. The van der Waals surface area contributed by atoms with Gasteiger partial charge in [-0.25, -0.2) is 0 Å². The summed E-state index contributed by atoms with van der Waals surface area (Å²) in [6, 6.07) is 7.77. The third-order valence-electron chi connectivity index (χ3n) is 2.74. The second kappa shape index (κ2) is 6.20. The number of nitrogens with zero attached hydrogens (tertiary/aromatic N) is 1. The molecule has 0 amide bonds. The van der Waals surface area contributed by atoms with Crippen LogP contribution >= 0.6 is 0 Å². The lowest BCUT2D eigenvalue weighted by atomic mass is 10.1. The second-order valence-corrected chi connectivity index (χ2v) is 4.53. The van der Waals surface area contributed by atoms with Crippen LogP contribution in [0.2, 0.25) is 0 Å². The fourth-order valence-electron chi connectivity index (χ4n) is 1.83. The smallest absolute Gasteiger partial charge is 0.0724 e. The van der Waals surface area contributed by atoms with E-state index in [1.54, 1.807) is 6.20 Å². The number of rotatable bonds is 6. The maximum atomic E-state index is 6.12. The van der Waals surface area contributed by atoms with Crippen LogP contribution in [0.3, 0.4) is 0 Å². The van der Waals surface area contributed by atoms with Gasteiger partial charge in [0.1, 0.15) is 0 Å². The molecule has 1 aromatic heterocycles. The number of anilines is 2. The van der Waals surface area contributed by atoms with Gasteiger partial charge in [-0.2, -0.15) is 0 Å². The molecule has 1 aromatic carbocycles. The average Bonchev–Trinajstić information content (AvgIpc) is 2.41. The number of benzene rings is 1. The van der Waals surface area contributed by atoms with Crippen LogP contribution in [-0.4, -0.2) is 24.7 Å². The highest BCUT2D eigenvalue weighted by Crippen LogP contribution is 2.26. The normalized spacial score (nSPS) is 10.6. The third kappa shape index (κ3) is 3.45. The van der Waals surface area contributed by atoms with Crippen LogP contribution in [0.4, 0.5) is 11.4 Å². The van der Waals surface area contributed by atoms with Crippen molar-refractivity contribution in [2.45, 2.75) is 6.92 Å². The maximum Gasteiger partial charge on any atom is 0.0724 e. The third-order valence-corrected chi connectivity index (χ3v) is 2.74. The van der Waals surface area contributed by atoms with Crippen molar-refractivity contribution >= 4 is 22.3 Å². The Labute approximate surface area is 113 Å². The van der Waals surface area contributed by atoms with Gasteiger partial charge in [0.15, 0.2) is 0 Å². The van der Waals surface area contributed by atoms with Gasteiger partial charge in [0, 0.05) is 18.1 Å². The van der Waals surface area contributed by atoms with Crippen LogP contribution in [0.25, 0.3) is 10.9 Å². The topological polar surface area (TPSA) is 60.2 Å². The number of nitrogen functional groups attached to an aromatic ring is 1. The Morgan fingerprint density at radius 2 is 2.26 bits per heavy atom. The lowest BCUT2D eigenvalue weighted by Crippen LogP contribution is -2.11. The second-order valence-electron chi connectivity index (χ2n) is 4.53. The first-order chi connectivity index (χ1) is 9.18. The Hall–Kier alpha value is -2.07. The monoisotopic (exact) mass is 257 g/mol. The first-order valence-corrected chi connectivity index (χ1v) is 6.27. The number of nitrogens with two attached hydrogens (primary N) is 1. The minimum atomic E-state index is 0.596. The molecule has 0 aliphatic carbocycles. The van der Waals surface area contributed by atoms with Crippen molar-refractivity contribution in [1.29, 1.82) is 0 Å². The molecule has 19 heavy (non-hydrogen) atoms. The fraction of sp³-hybridized carbons (Fsp3) is 0.267. The van der Waals surface area contributed by atoms with E-state index in [-0.39, 0.29) is 0 Å². The Bertz CT molecular complexity index is 581. The van der Waals surface area contributed by atoms with E-state index in [1.807, 2.05) is 31.2 Å². The minimum absolute atomic E-state index is 0.596. The number of nitrogens with one attached hydrogen (secondary N) is 1. The number of pyridine rings is 1. The van der Waals surface area contributed by atoms with E-state index in [9.17, 15) is 0 Å². The molecule has 2 aromatic rings. The first kappa shape index (κ1) is 13.4. The molecule has 0 fully saturated rings. The van der Waals surface area contributed by atoms with E-state index in [0.29, 0.717) is 19.8 Å². The Morgan fingerprint density at radius 1 is 1.42 bits per heavy atom. The predicted octanol–water partition coefficient (Wildman–Crippen LogP) is 2.82. The van der Waals surface area contributed by atoms with E-state index < -0.39 is 0 Å². The summed E-state index contributed by atoms with van der Waals surface area (Å²) in [4.78, 5) is 4.27. The van der Waals surface area contributed by atoms with Gasteiger partial charge in [-0.3, -0.25) is 4.98 Å². The van der Waals surface area contributed by atoms with Gasteiger partial charge < -0.3 is 15.8 Å². The highest BCUT2D eigenvalue weighted by atomic mass is 16.5. The predicted molar refractivity (Wildman–Crippen MR) is 80.3 cm³/mol. The zero-order valence-electron chi connectivity index (χ0n) is 11.1. The van der Waals surface area contributed by atoms with Crippen LogP contribution in [-0.2, 0) is 4.74 Å². The molecule has 0 radical (unpaired) electrons. The molecule has 4 heteroatoms. The van der Waals surface area contributed by atoms with Gasteiger partial charge in [0.05, 0.1) is 30.1 Å². The SMILES string of the molecule is C=C(C)COCCNc1ccc2ncccc2c1N. The molecule has 100 valence electrons. The van der Waals surface area contributed by atoms with Crippen LogP contribution in [0.1, 0.15) is 6.92 Å². The number of ether oxygens (including phenoxy) is 1. The highest BCUT2D eigenvalue weighted by molar-refractivity contribution is 5.96. The Morgan fingerprint density at radius 3 is 3.05 bits per heavy atom. The van der Waals surface area contributed by atoms with Gasteiger partial charge in [-0.15, -0.1) is 0 Å². The molecule has 1 heterocycles. The summed E-state index contributed by atoms with van der Waals surface area (Å²) in [5, 5.41) is 4.24. The number of aromatic nitrogens is 1. The fourth-order valence-corrected chi connectivity index (χ4v) is 1.83. The van der Waals surface area contributed by atoms with E-state index in [1.165, 1.54) is 0 Å². The zero-order chi connectivity index (χ0) is 13.7. The van der Waals surface area contributed by atoms with Crippen molar-refractivity contribution in [3.05, 3.63) is 42.6 Å². The van der Waals surface area contributed by atoms with Crippen molar-refractivity contribution in [2.75, 3.05) is 30.8 Å². The average molecular weight is 257 g/mol. The van der Waals surface area contributed by atoms with Gasteiger partial charge >= 0.3 is 0 Å². The molecule has 0 aliphatic rings. The quantitative estimate of drug-likeness (QED) is 0.474. The Kier molecular flexibility index (Phi) is 4.36. The van der Waals surface area contributed by atoms with Crippen LogP contribution in [0.5, 0.6) is 0 Å². The highest BCUT2D eigenvalue weighted by Gasteiger charge is 2.03. The van der Waals surface area contributed by atoms with Crippen LogP contribution < -0.4 is 11.1 Å². The number of hydrogen-bond acceptors (Lipinski definition) is 4. The molecule has 3 N–H and O–H groups in total. The molecule has 2 rings (SSSR count). The molecule has 0 spiro atoms. The van der Waals surface area contributed by atoms with Gasteiger partial charge in [0.2, 0.25) is 0 Å². The molecule has 0 saturated carbocycles. The van der Waals surface area contributed by atoms with Crippen molar-refractivity contribution in [3.63, 3.8) is 0 Å². The number of hydrogen-bond donors (Lipinski definition) is 2. The van der Waals surface area contributed by atoms with Crippen molar-refractivity contribution < 1.29 is 4.74 Å². The van der Waals surface area contributed by atoms with E-state index >= 15 is 0 Å². The molecular formula is C15H19N3O. The largest absolute Gasteiger partial charge is 0.397 e. The van der Waals surface area contributed by atoms with Gasteiger partial charge in [0.25, 0.3) is 0 Å². The summed E-state index contributed by atoms with van der Waals surface area (Å²) in [5.41, 5.74) is 9.70. The van der Waals surface area contributed by atoms with Crippen LogP contribution in [0.15, 0.2) is 42.6 Å². The summed E-state index contributed by atoms with van der Waals surface area (Å²) in [6.45, 7) is 7.66. The minimum Gasteiger partial charge on any atom is -0.397 e. The summed E-state index contributed by atoms with van der Waals surface area (Å²) in [6.07, 6.45) is 1.76. The standard InChI is InChI=1S/C15H19N3O/c1-11(2)10-19-9-8-18-14-6-5-13-12(15(14)16)4-3-7-17-13/h3-7,18H,1,8-10,16H2,2H3. The summed E-state index contributed by atoms with van der Waals surface area (Å²) < 4.78 is 5.43. The molecule has 0 aliphatic heterocycles. The molecular weight excluding hydrogens is 238 g/mol. The lowest BCUT2D eigenvalue weighted by molar-refractivity contribution is 0.167. The first-order valence-electron chi connectivity index (χ1n) is 6.27. The molecule has 0 unspecified atom stereocenters. The summed E-state index contributed by atoms with van der Waals surface area (Å²) >= 11 is 0. The zero-order valence-corrected chi connectivity index (χ0v) is 11.1. The van der Waals surface area contributed by atoms with Crippen LogP contribution in [0, 0.1) is 0 Å². The van der Waals surface area contributed by atoms with E-state index in [4.69, 9.17) is 10.5 Å². The van der Waals surface area contributed by atoms with E-state index in [0.717, 1.165) is 27.9 Å².